The van der Waals surface area contributed by atoms with Gasteiger partial charge in [-0.3, -0.25) is 0 Å². The number of ether oxygens (including phenoxy) is 1. The summed E-state index contributed by atoms with van der Waals surface area (Å²) in [5, 5.41) is 12.2. The van der Waals surface area contributed by atoms with E-state index in [1.165, 1.54) is 0 Å². The molecule has 0 fully saturated rings. The van der Waals surface area contributed by atoms with Crippen LogP contribution in [0.25, 0.3) is 0 Å². The number of methoxy groups -OCH3 is 1. The van der Waals surface area contributed by atoms with Gasteiger partial charge < -0.3 is 10.1 Å². The summed E-state index contributed by atoms with van der Waals surface area (Å²) >= 11 is 5.96. The third-order valence-corrected chi connectivity index (χ3v) is 2.19. The Morgan fingerprint density at radius 1 is 1.73 bits per heavy atom. The van der Waals surface area contributed by atoms with E-state index in [4.69, 9.17) is 21.6 Å². The molecule has 1 heterocycles. The van der Waals surface area contributed by atoms with E-state index in [9.17, 15) is 0 Å². The van der Waals surface area contributed by atoms with E-state index >= 15 is 0 Å². The summed E-state index contributed by atoms with van der Waals surface area (Å²) in [6.07, 6.45) is 1.55. The Morgan fingerprint density at radius 3 is 3.07 bits per heavy atom. The molecule has 0 saturated carbocycles. The summed E-state index contributed by atoms with van der Waals surface area (Å²) in [5.74, 6) is 0.514. The minimum absolute atomic E-state index is 0.0916. The van der Waals surface area contributed by atoms with Gasteiger partial charge in [0.15, 0.2) is 0 Å². The highest BCUT2D eigenvalue weighted by atomic mass is 35.5. The SMILES string of the molecule is COCC(C)Nc1nccc(C#N)c1Cl. The van der Waals surface area contributed by atoms with E-state index in [1.807, 2.05) is 13.0 Å². The molecule has 15 heavy (non-hydrogen) atoms. The van der Waals surface area contributed by atoms with E-state index in [0.717, 1.165) is 0 Å². The topological polar surface area (TPSA) is 57.9 Å². The van der Waals surface area contributed by atoms with Gasteiger partial charge >= 0.3 is 0 Å². The highest BCUT2D eigenvalue weighted by Crippen LogP contribution is 2.23. The van der Waals surface area contributed by atoms with Gasteiger partial charge in [0.05, 0.1) is 12.2 Å². The van der Waals surface area contributed by atoms with Gasteiger partial charge in [0.25, 0.3) is 0 Å². The number of aromatic nitrogens is 1. The first kappa shape index (κ1) is 11.8. The molecule has 1 aromatic heterocycles. The van der Waals surface area contributed by atoms with Crippen molar-refractivity contribution in [3.8, 4) is 6.07 Å². The van der Waals surface area contributed by atoms with Crippen molar-refractivity contribution in [3.05, 3.63) is 22.8 Å². The molecule has 0 amide bonds. The molecule has 5 heteroatoms. The Balaban J connectivity index is 2.82. The third-order valence-electron chi connectivity index (χ3n) is 1.81. The van der Waals surface area contributed by atoms with E-state index in [-0.39, 0.29) is 6.04 Å². The summed E-state index contributed by atoms with van der Waals surface area (Å²) in [7, 11) is 1.62. The highest BCUT2D eigenvalue weighted by Gasteiger charge is 2.09. The number of nitriles is 1. The minimum atomic E-state index is 0.0916. The lowest BCUT2D eigenvalue weighted by Crippen LogP contribution is -2.21. The molecule has 80 valence electrons. The lowest BCUT2D eigenvalue weighted by atomic mass is 10.2. The molecule has 0 aliphatic carbocycles. The summed E-state index contributed by atoms with van der Waals surface area (Å²) in [6.45, 7) is 2.50. The van der Waals surface area contributed by atoms with Crippen LogP contribution in [0, 0.1) is 11.3 Å². The fourth-order valence-corrected chi connectivity index (χ4v) is 1.36. The molecule has 0 spiro atoms. The Kier molecular flexibility index (Phi) is 4.35. The van der Waals surface area contributed by atoms with E-state index in [0.29, 0.717) is 23.0 Å². The maximum atomic E-state index is 8.77. The van der Waals surface area contributed by atoms with Crippen molar-refractivity contribution in [2.24, 2.45) is 0 Å². The normalized spacial score (nSPS) is 11.9. The van der Waals surface area contributed by atoms with Crippen molar-refractivity contribution in [3.63, 3.8) is 0 Å². The van der Waals surface area contributed by atoms with Crippen LogP contribution in [0.5, 0.6) is 0 Å². The molecule has 1 atom stereocenters. The number of anilines is 1. The van der Waals surface area contributed by atoms with Crippen LogP contribution >= 0.6 is 11.6 Å². The molecule has 1 N–H and O–H groups in total. The highest BCUT2D eigenvalue weighted by molar-refractivity contribution is 6.34. The number of pyridine rings is 1. The van der Waals surface area contributed by atoms with Crippen LogP contribution in [-0.2, 0) is 4.74 Å². The predicted octanol–water partition coefficient (Wildman–Crippen LogP) is 2.05. The first-order valence-corrected chi connectivity index (χ1v) is 4.87. The average molecular weight is 226 g/mol. The van der Waals surface area contributed by atoms with Crippen molar-refractivity contribution >= 4 is 17.4 Å². The number of halogens is 1. The van der Waals surface area contributed by atoms with Gasteiger partial charge in [0.1, 0.15) is 16.9 Å². The molecular weight excluding hydrogens is 214 g/mol. The smallest absolute Gasteiger partial charge is 0.146 e. The second kappa shape index (κ2) is 5.54. The summed E-state index contributed by atoms with van der Waals surface area (Å²) in [4.78, 5) is 4.06. The van der Waals surface area contributed by atoms with Crippen LogP contribution in [-0.4, -0.2) is 24.7 Å². The molecular formula is C10H12ClN3O. The maximum Gasteiger partial charge on any atom is 0.146 e. The summed E-state index contributed by atoms with van der Waals surface area (Å²) in [5.41, 5.74) is 0.416. The number of hydrogen-bond acceptors (Lipinski definition) is 4. The molecule has 0 aromatic carbocycles. The Morgan fingerprint density at radius 2 is 2.47 bits per heavy atom. The molecule has 0 saturated heterocycles. The van der Waals surface area contributed by atoms with Crippen LogP contribution in [0.3, 0.4) is 0 Å². The Bertz CT molecular complexity index is 375. The van der Waals surface area contributed by atoms with Crippen molar-refractivity contribution in [2.45, 2.75) is 13.0 Å². The molecule has 1 rings (SSSR count). The fraction of sp³-hybridized carbons (Fsp3) is 0.400. The fourth-order valence-electron chi connectivity index (χ4n) is 1.16. The molecule has 0 aliphatic heterocycles. The maximum absolute atomic E-state index is 8.77. The standard InChI is InChI=1S/C10H12ClN3O/c1-7(6-15-2)14-10-9(11)8(5-12)3-4-13-10/h3-4,7H,6H2,1-2H3,(H,13,14). The van der Waals surface area contributed by atoms with Gasteiger partial charge in [0, 0.05) is 19.3 Å². The number of rotatable bonds is 4. The zero-order valence-electron chi connectivity index (χ0n) is 8.62. The van der Waals surface area contributed by atoms with E-state index < -0.39 is 0 Å². The quantitative estimate of drug-likeness (QED) is 0.852. The lowest BCUT2D eigenvalue weighted by Gasteiger charge is -2.14. The minimum Gasteiger partial charge on any atom is -0.383 e. The zero-order valence-corrected chi connectivity index (χ0v) is 9.38. The Labute approximate surface area is 93.8 Å². The number of nitrogens with zero attached hydrogens (tertiary/aromatic N) is 2. The summed E-state index contributed by atoms with van der Waals surface area (Å²) < 4.78 is 4.97. The van der Waals surface area contributed by atoms with Crippen molar-refractivity contribution in [1.82, 2.24) is 4.98 Å². The molecule has 0 aliphatic rings. The van der Waals surface area contributed by atoms with Gasteiger partial charge in [0.2, 0.25) is 0 Å². The number of nitrogens with one attached hydrogen (secondary N) is 1. The van der Waals surface area contributed by atoms with Crippen LogP contribution < -0.4 is 5.32 Å². The van der Waals surface area contributed by atoms with Crippen LogP contribution in [0.1, 0.15) is 12.5 Å². The average Bonchev–Trinajstić information content (AvgIpc) is 2.21. The van der Waals surface area contributed by atoms with Gasteiger partial charge in [-0.05, 0) is 13.0 Å². The second-order valence-electron chi connectivity index (χ2n) is 3.13. The molecule has 0 radical (unpaired) electrons. The second-order valence-corrected chi connectivity index (χ2v) is 3.51. The van der Waals surface area contributed by atoms with Gasteiger partial charge in [-0.1, -0.05) is 11.6 Å². The van der Waals surface area contributed by atoms with Gasteiger partial charge in [-0.15, -0.1) is 0 Å². The monoisotopic (exact) mass is 225 g/mol. The van der Waals surface area contributed by atoms with E-state index in [2.05, 4.69) is 10.3 Å². The van der Waals surface area contributed by atoms with Crippen LogP contribution in [0.4, 0.5) is 5.82 Å². The van der Waals surface area contributed by atoms with Gasteiger partial charge in [-0.25, -0.2) is 4.98 Å². The third kappa shape index (κ3) is 3.08. The van der Waals surface area contributed by atoms with Crippen LogP contribution in [0.2, 0.25) is 5.02 Å². The number of hydrogen-bond donors (Lipinski definition) is 1. The van der Waals surface area contributed by atoms with Gasteiger partial charge in [-0.2, -0.15) is 5.26 Å². The van der Waals surface area contributed by atoms with E-state index in [1.54, 1.807) is 19.4 Å². The lowest BCUT2D eigenvalue weighted by molar-refractivity contribution is 0.190. The predicted molar refractivity (Wildman–Crippen MR) is 58.9 cm³/mol. The Hall–Kier alpha value is -1.31. The largest absolute Gasteiger partial charge is 0.383 e. The first-order chi connectivity index (χ1) is 7.19. The first-order valence-electron chi connectivity index (χ1n) is 4.49. The van der Waals surface area contributed by atoms with Crippen molar-refractivity contribution in [2.75, 3.05) is 19.0 Å². The molecule has 4 nitrogen and oxygen atoms in total. The molecule has 1 aromatic rings. The van der Waals surface area contributed by atoms with Crippen molar-refractivity contribution < 1.29 is 4.74 Å². The molecule has 1 unspecified atom stereocenters. The summed E-state index contributed by atoms with van der Waals surface area (Å²) in [6, 6.07) is 3.67. The van der Waals surface area contributed by atoms with Crippen molar-refractivity contribution in [1.29, 1.82) is 5.26 Å². The zero-order chi connectivity index (χ0) is 11.3. The van der Waals surface area contributed by atoms with Crippen LogP contribution in [0.15, 0.2) is 12.3 Å². The molecule has 0 bridgehead atoms.